The third-order valence-corrected chi connectivity index (χ3v) is 8.32. The first-order chi connectivity index (χ1) is 16.2. The largest absolute Gasteiger partial charge is 0.478 e. The van der Waals surface area contributed by atoms with Gasteiger partial charge in [-0.15, -0.1) is 0 Å². The Morgan fingerprint density at radius 2 is 2.15 bits per heavy atom. The van der Waals surface area contributed by atoms with E-state index in [0.29, 0.717) is 49.2 Å². The SMILES string of the molecule is CC[C@@H]1Oc2cc(S(=O)(=O)N3CCC[C@@H](C(=O)N[C@H](C)Cc4ccco4)C3)c(C)cc2NC1=O. The number of aryl methyl sites for hydroxylation is 1. The van der Waals surface area contributed by atoms with E-state index in [4.69, 9.17) is 9.15 Å². The molecular weight excluding hydrogens is 458 g/mol. The van der Waals surface area contributed by atoms with Crippen LogP contribution in [0.2, 0.25) is 0 Å². The molecule has 34 heavy (non-hydrogen) atoms. The fourth-order valence-corrected chi connectivity index (χ4v) is 6.23. The Kier molecular flexibility index (Phi) is 6.99. The number of furan rings is 1. The fraction of sp³-hybridized carbons (Fsp3) is 0.500. The van der Waals surface area contributed by atoms with Gasteiger partial charge in [0.2, 0.25) is 15.9 Å². The van der Waals surface area contributed by atoms with Crippen LogP contribution in [0.3, 0.4) is 0 Å². The van der Waals surface area contributed by atoms with Gasteiger partial charge in [0.05, 0.1) is 22.8 Å². The van der Waals surface area contributed by atoms with Crippen molar-refractivity contribution in [3.05, 3.63) is 41.9 Å². The second kappa shape index (κ2) is 9.79. The average molecular weight is 490 g/mol. The molecule has 2 aromatic rings. The summed E-state index contributed by atoms with van der Waals surface area (Å²) in [5, 5.41) is 5.77. The van der Waals surface area contributed by atoms with E-state index in [9.17, 15) is 18.0 Å². The highest BCUT2D eigenvalue weighted by atomic mass is 32.2. The molecule has 0 aliphatic carbocycles. The number of hydrogen-bond donors (Lipinski definition) is 2. The van der Waals surface area contributed by atoms with Crippen LogP contribution in [0.25, 0.3) is 0 Å². The van der Waals surface area contributed by atoms with Crippen LogP contribution >= 0.6 is 0 Å². The van der Waals surface area contributed by atoms with E-state index < -0.39 is 22.0 Å². The van der Waals surface area contributed by atoms with Gasteiger partial charge in [-0.05, 0) is 56.9 Å². The molecule has 2 amide bonds. The standard InChI is InChI=1S/C24H31N3O6S/c1-4-20-24(29)26-19-11-15(2)22(13-21(19)33-20)34(30,31)27-9-5-7-17(14-27)23(28)25-16(3)12-18-8-6-10-32-18/h6,8,10-11,13,16-17,20H,4-5,7,9,12,14H2,1-3H3,(H,25,28)(H,26,29)/t16-,17-,20+/m1/s1. The predicted molar refractivity (Wildman–Crippen MR) is 126 cm³/mol. The molecule has 2 N–H and O–H groups in total. The third-order valence-electron chi connectivity index (χ3n) is 6.32. The molecule has 184 valence electrons. The van der Waals surface area contributed by atoms with Gasteiger partial charge in [-0.1, -0.05) is 6.92 Å². The summed E-state index contributed by atoms with van der Waals surface area (Å²) in [5.41, 5.74) is 0.976. The lowest BCUT2D eigenvalue weighted by molar-refractivity contribution is -0.126. The van der Waals surface area contributed by atoms with Crippen molar-refractivity contribution in [2.75, 3.05) is 18.4 Å². The molecule has 0 unspecified atom stereocenters. The molecule has 1 aromatic carbocycles. The van der Waals surface area contributed by atoms with Gasteiger partial charge in [-0.3, -0.25) is 9.59 Å². The molecular formula is C24H31N3O6S. The summed E-state index contributed by atoms with van der Waals surface area (Å²) in [5.74, 6) is 0.301. The molecule has 2 aliphatic heterocycles. The molecule has 10 heteroatoms. The van der Waals surface area contributed by atoms with E-state index in [-0.39, 0.29) is 29.3 Å². The number of piperidine rings is 1. The van der Waals surface area contributed by atoms with Gasteiger partial charge in [0, 0.05) is 31.6 Å². The lowest BCUT2D eigenvalue weighted by Gasteiger charge is -2.33. The summed E-state index contributed by atoms with van der Waals surface area (Å²) in [4.78, 5) is 25.1. The van der Waals surface area contributed by atoms with Crippen molar-refractivity contribution in [3.63, 3.8) is 0 Å². The number of rotatable bonds is 7. The molecule has 0 saturated carbocycles. The predicted octanol–water partition coefficient (Wildman–Crippen LogP) is 2.85. The molecule has 0 radical (unpaired) electrons. The monoisotopic (exact) mass is 489 g/mol. The molecule has 0 bridgehead atoms. The average Bonchev–Trinajstić information content (AvgIpc) is 3.31. The molecule has 1 fully saturated rings. The van der Waals surface area contributed by atoms with Crippen LogP contribution in [0.1, 0.15) is 44.4 Å². The smallest absolute Gasteiger partial charge is 0.265 e. The van der Waals surface area contributed by atoms with E-state index >= 15 is 0 Å². The van der Waals surface area contributed by atoms with Crippen molar-refractivity contribution < 1.29 is 27.2 Å². The van der Waals surface area contributed by atoms with Crippen LogP contribution in [0.5, 0.6) is 5.75 Å². The molecule has 1 aromatic heterocycles. The van der Waals surface area contributed by atoms with Crippen molar-refractivity contribution in [2.24, 2.45) is 5.92 Å². The number of nitrogens with one attached hydrogen (secondary N) is 2. The Bertz CT molecular complexity index is 1160. The maximum Gasteiger partial charge on any atom is 0.265 e. The Labute approximate surface area is 199 Å². The van der Waals surface area contributed by atoms with E-state index in [0.717, 1.165) is 5.76 Å². The number of nitrogens with zero attached hydrogens (tertiary/aromatic N) is 1. The molecule has 3 heterocycles. The lowest BCUT2D eigenvalue weighted by atomic mass is 9.98. The minimum Gasteiger partial charge on any atom is -0.478 e. The molecule has 4 rings (SSSR count). The molecule has 0 spiro atoms. The van der Waals surface area contributed by atoms with Gasteiger partial charge in [0.15, 0.2) is 6.10 Å². The fourth-order valence-electron chi connectivity index (χ4n) is 4.49. The van der Waals surface area contributed by atoms with Crippen LogP contribution in [0.4, 0.5) is 5.69 Å². The van der Waals surface area contributed by atoms with Gasteiger partial charge in [-0.2, -0.15) is 4.31 Å². The van der Waals surface area contributed by atoms with Crippen molar-refractivity contribution in [1.29, 1.82) is 0 Å². The quantitative estimate of drug-likeness (QED) is 0.618. The zero-order chi connectivity index (χ0) is 24.5. The Hall–Kier alpha value is -2.85. The van der Waals surface area contributed by atoms with Crippen molar-refractivity contribution >= 4 is 27.5 Å². The molecule has 3 atom stereocenters. The van der Waals surface area contributed by atoms with Gasteiger partial charge in [0.1, 0.15) is 11.5 Å². The second-order valence-corrected chi connectivity index (χ2v) is 10.9. The highest BCUT2D eigenvalue weighted by molar-refractivity contribution is 7.89. The van der Waals surface area contributed by atoms with Crippen LogP contribution in [-0.2, 0) is 26.0 Å². The van der Waals surface area contributed by atoms with Gasteiger partial charge < -0.3 is 19.8 Å². The first kappa shape index (κ1) is 24.3. The van der Waals surface area contributed by atoms with Crippen LogP contribution in [0.15, 0.2) is 39.8 Å². The molecule has 2 aliphatic rings. The summed E-state index contributed by atoms with van der Waals surface area (Å²) >= 11 is 0. The van der Waals surface area contributed by atoms with Gasteiger partial charge >= 0.3 is 0 Å². The van der Waals surface area contributed by atoms with Gasteiger partial charge in [0.25, 0.3) is 5.91 Å². The van der Waals surface area contributed by atoms with Crippen LogP contribution in [-0.4, -0.2) is 49.8 Å². The van der Waals surface area contributed by atoms with Gasteiger partial charge in [-0.25, -0.2) is 8.42 Å². The van der Waals surface area contributed by atoms with Crippen LogP contribution < -0.4 is 15.4 Å². The normalized spacial score (nSPS) is 21.8. The topological polar surface area (TPSA) is 118 Å². The summed E-state index contributed by atoms with van der Waals surface area (Å²) in [6.07, 6.45) is 3.20. The summed E-state index contributed by atoms with van der Waals surface area (Å²) in [6, 6.07) is 6.63. The number of anilines is 1. The Balaban J connectivity index is 1.48. The number of sulfonamides is 1. The minimum atomic E-state index is -3.85. The number of ether oxygens (including phenoxy) is 1. The number of amides is 2. The summed E-state index contributed by atoms with van der Waals surface area (Å²) in [7, 11) is -3.85. The highest BCUT2D eigenvalue weighted by Gasteiger charge is 2.36. The summed E-state index contributed by atoms with van der Waals surface area (Å²) in [6.45, 7) is 5.88. The van der Waals surface area contributed by atoms with E-state index in [1.807, 2.05) is 19.9 Å². The van der Waals surface area contributed by atoms with E-state index in [1.165, 1.54) is 10.4 Å². The molecule has 1 saturated heterocycles. The first-order valence-electron chi connectivity index (χ1n) is 11.6. The number of benzene rings is 1. The highest BCUT2D eigenvalue weighted by Crippen LogP contribution is 2.36. The van der Waals surface area contributed by atoms with Crippen molar-refractivity contribution in [1.82, 2.24) is 9.62 Å². The zero-order valence-corrected chi connectivity index (χ0v) is 20.5. The molecule has 9 nitrogen and oxygen atoms in total. The number of carbonyl (C=O) groups excluding carboxylic acids is 2. The zero-order valence-electron chi connectivity index (χ0n) is 19.7. The third kappa shape index (κ3) is 4.97. The van der Waals surface area contributed by atoms with E-state index in [1.54, 1.807) is 25.3 Å². The maximum atomic E-state index is 13.6. The van der Waals surface area contributed by atoms with Crippen molar-refractivity contribution in [3.8, 4) is 5.75 Å². The lowest BCUT2D eigenvalue weighted by Crippen LogP contribution is -2.47. The summed E-state index contributed by atoms with van der Waals surface area (Å²) < 4.78 is 39.6. The minimum absolute atomic E-state index is 0.118. The van der Waals surface area contributed by atoms with E-state index in [2.05, 4.69) is 10.6 Å². The second-order valence-electron chi connectivity index (χ2n) is 9.01. The van der Waals surface area contributed by atoms with Crippen molar-refractivity contribution in [2.45, 2.75) is 63.5 Å². The first-order valence-corrected chi connectivity index (χ1v) is 13.1. The Morgan fingerprint density at radius 1 is 1.35 bits per heavy atom. The Morgan fingerprint density at radius 3 is 2.85 bits per heavy atom. The van der Waals surface area contributed by atoms with Crippen LogP contribution in [0, 0.1) is 12.8 Å². The maximum absolute atomic E-state index is 13.6. The number of hydrogen-bond acceptors (Lipinski definition) is 6. The number of fused-ring (bicyclic) bond motifs is 1. The number of carbonyl (C=O) groups is 2.